The molecule has 2 aromatic heterocycles. The number of thiophene rings is 1. The van der Waals surface area contributed by atoms with Crippen molar-refractivity contribution in [2.24, 2.45) is 5.10 Å². The smallest absolute Gasteiger partial charge is 0.267 e. The van der Waals surface area contributed by atoms with Crippen LogP contribution in [0.3, 0.4) is 0 Å². The first-order valence-corrected chi connectivity index (χ1v) is 15.4. The van der Waals surface area contributed by atoms with Crippen LogP contribution in [0.4, 0.5) is 5.13 Å². The van der Waals surface area contributed by atoms with E-state index >= 15 is 0 Å². The Morgan fingerprint density at radius 1 is 1.19 bits per heavy atom. The molecule has 1 aliphatic heterocycles. The predicted molar refractivity (Wildman–Crippen MR) is 150 cm³/mol. The molecular weight excluding hydrogens is 580 g/mol. The highest BCUT2D eigenvalue weighted by molar-refractivity contribution is 9.10. The number of benzene rings is 2. The minimum absolute atomic E-state index is 0.0359. The van der Waals surface area contributed by atoms with Crippen LogP contribution in [-0.2, 0) is 10.0 Å². The SMILES string of the molecule is CC1CCCCN1S(=O)(=O)c1ccc(C(=O)N(/N=C/c2cccs2)c2nc3ccc(Br)cc3s2)cc1. The largest absolute Gasteiger partial charge is 0.280 e. The van der Waals surface area contributed by atoms with Crippen molar-refractivity contribution >= 4 is 76.1 Å². The molecule has 0 saturated carbocycles. The molecule has 1 fully saturated rings. The number of thiazole rings is 1. The number of fused-ring (bicyclic) bond motifs is 1. The Kier molecular flexibility index (Phi) is 7.36. The van der Waals surface area contributed by atoms with Gasteiger partial charge in [0, 0.05) is 27.5 Å². The first-order valence-electron chi connectivity index (χ1n) is 11.4. The second-order valence-electron chi connectivity index (χ2n) is 8.47. The summed E-state index contributed by atoms with van der Waals surface area (Å²) in [5.74, 6) is -0.392. The Morgan fingerprint density at radius 3 is 2.72 bits per heavy atom. The number of halogens is 1. The van der Waals surface area contributed by atoms with Gasteiger partial charge in [-0.25, -0.2) is 13.4 Å². The van der Waals surface area contributed by atoms with Crippen molar-refractivity contribution in [3.05, 3.63) is 74.9 Å². The molecule has 1 unspecified atom stereocenters. The fourth-order valence-corrected chi connectivity index (χ4v) is 7.85. The molecule has 0 aliphatic carbocycles. The van der Waals surface area contributed by atoms with Gasteiger partial charge in [-0.1, -0.05) is 39.8 Å². The van der Waals surface area contributed by atoms with E-state index in [2.05, 4.69) is 26.0 Å². The monoisotopic (exact) mass is 602 g/mol. The molecule has 7 nitrogen and oxygen atoms in total. The second kappa shape index (κ2) is 10.5. The fourth-order valence-electron chi connectivity index (χ4n) is 4.10. The quantitative estimate of drug-likeness (QED) is 0.190. The molecule has 1 saturated heterocycles. The van der Waals surface area contributed by atoms with Gasteiger partial charge in [0.15, 0.2) is 0 Å². The average molecular weight is 604 g/mol. The van der Waals surface area contributed by atoms with Crippen molar-refractivity contribution in [2.45, 2.75) is 37.1 Å². The van der Waals surface area contributed by atoms with E-state index in [1.54, 1.807) is 22.7 Å². The zero-order valence-electron chi connectivity index (χ0n) is 19.4. The van der Waals surface area contributed by atoms with Gasteiger partial charge in [0.2, 0.25) is 15.2 Å². The molecule has 0 bridgehead atoms. The maximum absolute atomic E-state index is 13.6. The molecular formula is C25H23BrN4O3S3. The normalized spacial score (nSPS) is 17.1. The number of anilines is 1. The van der Waals surface area contributed by atoms with Crippen molar-refractivity contribution in [2.75, 3.05) is 11.6 Å². The Morgan fingerprint density at radius 2 is 2.00 bits per heavy atom. The van der Waals surface area contributed by atoms with E-state index in [1.165, 1.54) is 39.8 Å². The molecule has 0 N–H and O–H groups in total. The lowest BCUT2D eigenvalue weighted by molar-refractivity contribution is 0.0987. The standard InChI is InChI=1S/C25H23BrN4O3S3/c1-17-5-2-3-13-29(17)36(32,33)21-10-7-18(8-11-21)24(31)30(27-16-20-6-4-14-34-20)25-28-22-12-9-19(26)15-23(22)35-25/h4,6-12,14-17H,2-3,5,13H2,1H3/b27-16+. The lowest BCUT2D eigenvalue weighted by atomic mass is 10.1. The summed E-state index contributed by atoms with van der Waals surface area (Å²) in [4.78, 5) is 19.3. The van der Waals surface area contributed by atoms with Gasteiger partial charge in [0.05, 0.1) is 21.3 Å². The Hall–Kier alpha value is -2.44. The van der Waals surface area contributed by atoms with Crippen molar-refractivity contribution in [1.29, 1.82) is 0 Å². The van der Waals surface area contributed by atoms with Crippen LogP contribution in [0.25, 0.3) is 10.2 Å². The van der Waals surface area contributed by atoms with Gasteiger partial charge in [-0.3, -0.25) is 4.79 Å². The van der Waals surface area contributed by atoms with E-state index in [1.807, 2.05) is 42.6 Å². The topological polar surface area (TPSA) is 82.9 Å². The summed E-state index contributed by atoms with van der Waals surface area (Å²) >= 11 is 6.34. The minimum Gasteiger partial charge on any atom is -0.267 e. The van der Waals surface area contributed by atoms with Gasteiger partial charge in [-0.15, -0.1) is 11.3 Å². The number of hydrogen-bond acceptors (Lipinski definition) is 7. The van der Waals surface area contributed by atoms with Crippen LogP contribution in [0.5, 0.6) is 0 Å². The number of carbonyl (C=O) groups excluding carboxylic acids is 1. The van der Waals surface area contributed by atoms with Crippen LogP contribution in [-0.4, -0.2) is 42.4 Å². The van der Waals surface area contributed by atoms with Crippen molar-refractivity contribution < 1.29 is 13.2 Å². The summed E-state index contributed by atoms with van der Waals surface area (Å²) in [5.41, 5.74) is 1.09. The number of aromatic nitrogens is 1. The van der Waals surface area contributed by atoms with Crippen LogP contribution in [0.15, 0.2) is 74.4 Å². The second-order valence-corrected chi connectivity index (χ2v) is 13.3. The van der Waals surface area contributed by atoms with E-state index in [0.29, 0.717) is 17.2 Å². The summed E-state index contributed by atoms with van der Waals surface area (Å²) in [6.07, 6.45) is 4.37. The molecule has 5 rings (SSSR count). The zero-order chi connectivity index (χ0) is 25.3. The van der Waals surface area contributed by atoms with Crippen molar-refractivity contribution in [3.8, 4) is 0 Å². The Bertz CT molecular complexity index is 1520. The molecule has 186 valence electrons. The van der Waals surface area contributed by atoms with Gasteiger partial charge in [0.1, 0.15) is 0 Å². The number of hydrazone groups is 1. The number of piperidine rings is 1. The summed E-state index contributed by atoms with van der Waals surface area (Å²) < 4.78 is 29.8. The fraction of sp³-hybridized carbons (Fsp3) is 0.240. The maximum Gasteiger partial charge on any atom is 0.280 e. The molecule has 0 radical (unpaired) electrons. The van der Waals surface area contributed by atoms with Crippen molar-refractivity contribution in [3.63, 3.8) is 0 Å². The van der Waals surface area contributed by atoms with E-state index in [9.17, 15) is 13.2 Å². The minimum atomic E-state index is -3.62. The predicted octanol–water partition coefficient (Wildman–Crippen LogP) is 6.36. The van der Waals surface area contributed by atoms with E-state index in [-0.39, 0.29) is 10.9 Å². The summed E-state index contributed by atoms with van der Waals surface area (Å²) in [6, 6.07) is 15.6. The molecule has 0 spiro atoms. The number of amides is 1. The van der Waals surface area contributed by atoms with Gasteiger partial charge < -0.3 is 0 Å². The van der Waals surface area contributed by atoms with Gasteiger partial charge in [-0.05, 0) is 73.7 Å². The number of nitrogens with zero attached hydrogens (tertiary/aromatic N) is 4. The zero-order valence-corrected chi connectivity index (χ0v) is 23.4. The third-order valence-corrected chi connectivity index (χ3v) is 10.3. The van der Waals surface area contributed by atoms with Crippen LogP contribution < -0.4 is 5.01 Å². The molecule has 2 aromatic carbocycles. The third-order valence-electron chi connectivity index (χ3n) is 6.01. The highest BCUT2D eigenvalue weighted by Gasteiger charge is 2.31. The maximum atomic E-state index is 13.6. The van der Waals surface area contributed by atoms with Gasteiger partial charge in [-0.2, -0.15) is 14.4 Å². The van der Waals surface area contributed by atoms with E-state index < -0.39 is 15.9 Å². The van der Waals surface area contributed by atoms with Crippen LogP contribution in [0.2, 0.25) is 0 Å². The molecule has 1 amide bonds. The number of rotatable bonds is 6. The molecule has 4 aromatic rings. The first-order chi connectivity index (χ1) is 17.3. The summed E-state index contributed by atoms with van der Waals surface area (Å²) in [6.45, 7) is 2.46. The highest BCUT2D eigenvalue weighted by Crippen LogP contribution is 2.32. The molecule has 11 heteroatoms. The highest BCUT2D eigenvalue weighted by atomic mass is 79.9. The van der Waals surface area contributed by atoms with Crippen LogP contribution in [0.1, 0.15) is 41.4 Å². The third kappa shape index (κ3) is 5.16. The molecule has 3 heterocycles. The number of sulfonamides is 1. The van der Waals surface area contributed by atoms with E-state index in [4.69, 9.17) is 0 Å². The molecule has 1 atom stereocenters. The van der Waals surface area contributed by atoms with E-state index in [0.717, 1.165) is 38.8 Å². The summed E-state index contributed by atoms with van der Waals surface area (Å²) in [5, 5.41) is 8.10. The van der Waals surface area contributed by atoms with Crippen LogP contribution in [0, 0.1) is 0 Å². The lowest BCUT2D eigenvalue weighted by Crippen LogP contribution is -2.41. The number of carbonyl (C=O) groups is 1. The average Bonchev–Trinajstić information content (AvgIpc) is 3.54. The number of hydrogen-bond donors (Lipinski definition) is 0. The van der Waals surface area contributed by atoms with Gasteiger partial charge >= 0.3 is 0 Å². The first kappa shape index (κ1) is 25.2. The lowest BCUT2D eigenvalue weighted by Gasteiger charge is -2.32. The van der Waals surface area contributed by atoms with Crippen LogP contribution >= 0.6 is 38.6 Å². The Balaban J connectivity index is 1.47. The molecule has 1 aliphatic rings. The Labute approximate surface area is 226 Å². The van der Waals surface area contributed by atoms with Crippen molar-refractivity contribution in [1.82, 2.24) is 9.29 Å². The van der Waals surface area contributed by atoms with Gasteiger partial charge in [0.25, 0.3) is 5.91 Å². The molecule has 36 heavy (non-hydrogen) atoms. The summed E-state index contributed by atoms with van der Waals surface area (Å²) in [7, 11) is -3.62.